The normalized spacial score (nSPS) is 13.6. The second kappa shape index (κ2) is 7.64. The maximum atomic E-state index is 13.5. The van der Waals surface area contributed by atoms with Crippen LogP contribution in [-0.2, 0) is 13.1 Å². The van der Waals surface area contributed by atoms with Gasteiger partial charge in [-0.1, -0.05) is 6.07 Å². The number of ether oxygens (including phenoxy) is 1. The predicted molar refractivity (Wildman–Crippen MR) is 93.1 cm³/mol. The fourth-order valence-electron chi connectivity index (χ4n) is 2.84. The molecule has 2 aromatic carbocycles. The van der Waals surface area contributed by atoms with Crippen LogP contribution in [0.1, 0.15) is 40.0 Å². The molecule has 1 unspecified atom stereocenters. The predicted octanol–water partition coefficient (Wildman–Crippen LogP) is 3.35. The van der Waals surface area contributed by atoms with E-state index in [4.69, 9.17) is 4.74 Å². The molecule has 2 N–H and O–H groups in total. The number of amides is 1. The first-order chi connectivity index (χ1) is 11.1. The van der Waals surface area contributed by atoms with Gasteiger partial charge < -0.3 is 15.4 Å². The molecule has 1 amide bonds. The topological polar surface area (TPSA) is 50.4 Å². The number of hydrogen-bond acceptors (Lipinski definition) is 3. The van der Waals surface area contributed by atoms with Gasteiger partial charge in [-0.2, -0.15) is 0 Å². The summed E-state index contributed by atoms with van der Waals surface area (Å²) in [5.41, 5.74) is 3.59. The summed E-state index contributed by atoms with van der Waals surface area (Å²) in [6.45, 7) is 3.43. The fraction of sp³-hybridized carbons (Fsp3) is 0.278. The van der Waals surface area contributed by atoms with Crippen LogP contribution < -0.4 is 15.4 Å². The van der Waals surface area contributed by atoms with Gasteiger partial charge in [-0.15, -0.1) is 12.4 Å². The maximum Gasteiger partial charge on any atom is 0.251 e. The number of carbonyl (C=O) groups is 1. The van der Waals surface area contributed by atoms with Crippen molar-refractivity contribution in [2.24, 2.45) is 0 Å². The van der Waals surface area contributed by atoms with Gasteiger partial charge in [0.15, 0.2) is 0 Å². The molecule has 3 rings (SSSR count). The second-order valence-electron chi connectivity index (χ2n) is 5.67. The maximum absolute atomic E-state index is 13.5. The van der Waals surface area contributed by atoms with Gasteiger partial charge in [0.05, 0.1) is 13.2 Å². The van der Waals surface area contributed by atoms with Gasteiger partial charge in [0, 0.05) is 24.2 Å². The third-order valence-corrected chi connectivity index (χ3v) is 4.11. The summed E-state index contributed by atoms with van der Waals surface area (Å²) in [5.74, 6) is 0.0152. The summed E-state index contributed by atoms with van der Waals surface area (Å²) >= 11 is 0. The van der Waals surface area contributed by atoms with Gasteiger partial charge in [0.2, 0.25) is 0 Å². The average molecular weight is 351 g/mol. The number of halogens is 2. The standard InChI is InChI=1S/C18H19FN2O2.ClH/c1-11(16-8-15(19)5-6-17(16)23-2)21-18(22)12-3-4-13-9-20-10-14(13)7-12;/h3-8,11,20H,9-10H2,1-2H3,(H,21,22);1H. The molecule has 0 aromatic heterocycles. The first-order valence-electron chi connectivity index (χ1n) is 7.55. The molecule has 0 spiro atoms. The van der Waals surface area contributed by atoms with Crippen LogP contribution in [0, 0.1) is 5.82 Å². The molecule has 128 valence electrons. The largest absolute Gasteiger partial charge is 0.496 e. The van der Waals surface area contributed by atoms with Crippen molar-refractivity contribution in [1.29, 1.82) is 0 Å². The number of hydrogen-bond donors (Lipinski definition) is 2. The van der Waals surface area contributed by atoms with Gasteiger partial charge in [0.25, 0.3) is 5.91 Å². The van der Waals surface area contributed by atoms with Crippen molar-refractivity contribution >= 4 is 18.3 Å². The Morgan fingerprint density at radius 1 is 1.21 bits per heavy atom. The quantitative estimate of drug-likeness (QED) is 0.889. The Balaban J connectivity index is 0.00000208. The Bertz CT molecular complexity index is 752. The van der Waals surface area contributed by atoms with Crippen LogP contribution >= 0.6 is 12.4 Å². The number of nitrogens with one attached hydrogen (secondary N) is 2. The van der Waals surface area contributed by atoms with Gasteiger partial charge in [-0.25, -0.2) is 4.39 Å². The van der Waals surface area contributed by atoms with Crippen molar-refractivity contribution in [3.63, 3.8) is 0 Å². The van der Waals surface area contributed by atoms with Crippen molar-refractivity contribution in [3.05, 3.63) is 64.5 Å². The first-order valence-corrected chi connectivity index (χ1v) is 7.55. The van der Waals surface area contributed by atoms with Gasteiger partial charge in [-0.05, 0) is 48.4 Å². The summed E-state index contributed by atoms with van der Waals surface area (Å²) in [7, 11) is 1.53. The summed E-state index contributed by atoms with van der Waals surface area (Å²) in [6.07, 6.45) is 0. The van der Waals surface area contributed by atoms with Crippen molar-refractivity contribution < 1.29 is 13.9 Å². The van der Waals surface area contributed by atoms with E-state index in [9.17, 15) is 9.18 Å². The van der Waals surface area contributed by atoms with Gasteiger partial charge in [-0.3, -0.25) is 4.79 Å². The molecular formula is C18H20ClFN2O2. The van der Waals surface area contributed by atoms with Crippen LogP contribution in [0.15, 0.2) is 36.4 Å². The molecule has 0 saturated carbocycles. The molecule has 4 nitrogen and oxygen atoms in total. The van der Waals surface area contributed by atoms with Gasteiger partial charge >= 0.3 is 0 Å². The van der Waals surface area contributed by atoms with Crippen molar-refractivity contribution in [2.45, 2.75) is 26.1 Å². The first kappa shape index (κ1) is 18.2. The van der Waals surface area contributed by atoms with E-state index >= 15 is 0 Å². The number of methoxy groups -OCH3 is 1. The van der Waals surface area contributed by atoms with Crippen molar-refractivity contribution in [2.75, 3.05) is 7.11 Å². The second-order valence-corrected chi connectivity index (χ2v) is 5.67. The molecule has 24 heavy (non-hydrogen) atoms. The fourth-order valence-corrected chi connectivity index (χ4v) is 2.84. The minimum atomic E-state index is -0.362. The number of benzene rings is 2. The third-order valence-electron chi connectivity index (χ3n) is 4.11. The average Bonchev–Trinajstić information content (AvgIpc) is 3.02. The van der Waals surface area contributed by atoms with Gasteiger partial charge in [0.1, 0.15) is 11.6 Å². The molecule has 1 aliphatic rings. The Hall–Kier alpha value is -2.11. The van der Waals surface area contributed by atoms with E-state index in [-0.39, 0.29) is 30.2 Å². The monoisotopic (exact) mass is 350 g/mol. The summed E-state index contributed by atoms with van der Waals surface area (Å²) < 4.78 is 18.7. The highest BCUT2D eigenvalue weighted by Gasteiger charge is 2.18. The lowest BCUT2D eigenvalue weighted by Gasteiger charge is -2.17. The van der Waals surface area contributed by atoms with Crippen LogP contribution in [0.4, 0.5) is 4.39 Å². The Morgan fingerprint density at radius 3 is 2.71 bits per heavy atom. The van der Waals surface area contributed by atoms with Crippen LogP contribution in [0.2, 0.25) is 0 Å². The third kappa shape index (κ3) is 3.68. The minimum absolute atomic E-state index is 0. The van der Waals surface area contributed by atoms with Crippen LogP contribution in [0.25, 0.3) is 0 Å². The molecule has 0 bridgehead atoms. The van der Waals surface area contributed by atoms with E-state index in [2.05, 4.69) is 10.6 Å². The number of carbonyl (C=O) groups excluding carboxylic acids is 1. The SMILES string of the molecule is COc1ccc(F)cc1C(C)NC(=O)c1ccc2c(c1)CNC2.Cl. The highest BCUT2D eigenvalue weighted by Crippen LogP contribution is 2.26. The van der Waals surface area contributed by atoms with Crippen LogP contribution in [0.3, 0.4) is 0 Å². The van der Waals surface area contributed by atoms with E-state index in [1.54, 1.807) is 6.07 Å². The van der Waals surface area contributed by atoms with E-state index in [0.717, 1.165) is 18.7 Å². The molecule has 0 radical (unpaired) electrons. The Kier molecular flexibility index (Phi) is 5.80. The minimum Gasteiger partial charge on any atom is -0.496 e. The summed E-state index contributed by atoms with van der Waals surface area (Å²) in [5, 5.41) is 6.15. The highest BCUT2D eigenvalue weighted by molar-refractivity contribution is 5.94. The molecule has 0 aliphatic carbocycles. The lowest BCUT2D eigenvalue weighted by molar-refractivity contribution is 0.0939. The zero-order valence-electron chi connectivity index (χ0n) is 13.6. The van der Waals surface area contributed by atoms with Crippen LogP contribution in [-0.4, -0.2) is 13.0 Å². The van der Waals surface area contributed by atoms with Crippen molar-refractivity contribution in [1.82, 2.24) is 10.6 Å². The summed E-state index contributed by atoms with van der Waals surface area (Å²) in [6, 6.07) is 9.61. The Labute approximate surface area is 146 Å². The molecule has 0 saturated heterocycles. The zero-order valence-corrected chi connectivity index (χ0v) is 14.4. The van der Waals surface area contributed by atoms with Crippen LogP contribution in [0.5, 0.6) is 5.75 Å². The molecule has 0 fully saturated rings. The summed E-state index contributed by atoms with van der Waals surface area (Å²) in [4.78, 5) is 12.4. The van der Waals surface area contributed by atoms with E-state index < -0.39 is 0 Å². The Morgan fingerprint density at radius 2 is 1.96 bits per heavy atom. The van der Waals surface area contributed by atoms with E-state index in [0.29, 0.717) is 16.9 Å². The highest BCUT2D eigenvalue weighted by atomic mass is 35.5. The molecule has 6 heteroatoms. The number of rotatable bonds is 4. The molecule has 1 atom stereocenters. The molecule has 1 heterocycles. The smallest absolute Gasteiger partial charge is 0.251 e. The zero-order chi connectivity index (χ0) is 16.4. The van der Waals surface area contributed by atoms with E-state index in [1.807, 2.05) is 25.1 Å². The molecular weight excluding hydrogens is 331 g/mol. The number of fused-ring (bicyclic) bond motifs is 1. The molecule has 2 aromatic rings. The molecule has 1 aliphatic heterocycles. The van der Waals surface area contributed by atoms with E-state index in [1.165, 1.54) is 24.8 Å². The lowest BCUT2D eigenvalue weighted by atomic mass is 10.0. The van der Waals surface area contributed by atoms with Crippen molar-refractivity contribution in [3.8, 4) is 5.75 Å². The lowest BCUT2D eigenvalue weighted by Crippen LogP contribution is -2.27.